The molecule has 6 nitrogen and oxygen atoms in total. The smallest absolute Gasteiger partial charge is 0.255 e. The molecule has 2 amide bonds. The summed E-state index contributed by atoms with van der Waals surface area (Å²) in [5, 5.41) is 0. The molecule has 1 aliphatic heterocycles. The first kappa shape index (κ1) is 25.9. The molecule has 0 aliphatic carbocycles. The number of amides is 2. The van der Waals surface area contributed by atoms with Gasteiger partial charge in [0.2, 0.25) is 5.91 Å². The van der Waals surface area contributed by atoms with E-state index in [1.165, 1.54) is 11.8 Å². The van der Waals surface area contributed by atoms with Crippen LogP contribution in [0.3, 0.4) is 0 Å². The lowest BCUT2D eigenvalue weighted by Crippen LogP contribution is -2.45. The van der Waals surface area contributed by atoms with Gasteiger partial charge in [0.15, 0.2) is 0 Å². The topological polar surface area (TPSA) is 89.7 Å². The molecule has 0 fully saturated rings. The van der Waals surface area contributed by atoms with Crippen LogP contribution in [0.2, 0.25) is 0 Å². The largest absolute Gasteiger partial charge is 0.489 e. The maximum absolute atomic E-state index is 12.8. The average Bonchev–Trinajstić information content (AvgIpc) is 3.08. The second-order valence-corrected chi connectivity index (χ2v) is 7.17. The molecule has 0 spiro atoms. The maximum Gasteiger partial charge on any atom is 0.255 e. The zero-order valence-corrected chi connectivity index (χ0v) is 19.1. The fourth-order valence-corrected chi connectivity index (χ4v) is 3.08. The monoisotopic (exact) mass is 426 g/mol. The number of allylic oxidation sites excluding steroid dienone is 2. The van der Waals surface area contributed by atoms with Crippen LogP contribution in [0, 0.1) is 0 Å². The van der Waals surface area contributed by atoms with E-state index in [9.17, 15) is 14.4 Å². The van der Waals surface area contributed by atoms with Gasteiger partial charge in [0, 0.05) is 17.5 Å². The van der Waals surface area contributed by atoms with Gasteiger partial charge in [-0.2, -0.15) is 0 Å². The van der Waals surface area contributed by atoms with E-state index in [0.717, 1.165) is 17.6 Å². The SMILES string of the molecule is C=C(/C=C\C(=C)COc1cccc2c1CN(C(CCC(C)=O)C(N)=O)C2=O)CC.CC. The Morgan fingerprint density at radius 2 is 1.87 bits per heavy atom. The van der Waals surface area contributed by atoms with E-state index in [1.54, 1.807) is 18.2 Å². The Kier molecular flexibility index (Phi) is 10.5. The molecule has 0 saturated heterocycles. The van der Waals surface area contributed by atoms with Crippen molar-refractivity contribution in [3.8, 4) is 5.75 Å². The minimum Gasteiger partial charge on any atom is -0.489 e. The van der Waals surface area contributed by atoms with Crippen LogP contribution in [0.1, 0.15) is 62.9 Å². The minimum absolute atomic E-state index is 0.0539. The number of ether oxygens (including phenoxy) is 1. The number of Topliss-reactive ketones (excluding diaryl/α,β-unsaturated/α-hetero) is 1. The average molecular weight is 427 g/mol. The highest BCUT2D eigenvalue weighted by atomic mass is 16.5. The van der Waals surface area contributed by atoms with Gasteiger partial charge in [-0.3, -0.25) is 9.59 Å². The third-order valence-electron chi connectivity index (χ3n) is 4.85. The molecule has 1 aliphatic rings. The summed E-state index contributed by atoms with van der Waals surface area (Å²) in [7, 11) is 0. The quantitative estimate of drug-likeness (QED) is 0.533. The second-order valence-electron chi connectivity index (χ2n) is 7.17. The molecule has 6 heteroatoms. The Balaban J connectivity index is 0.00000233. The van der Waals surface area contributed by atoms with Crippen molar-refractivity contribution >= 4 is 17.6 Å². The number of hydrogen-bond acceptors (Lipinski definition) is 4. The molecular formula is C25H34N2O4. The van der Waals surface area contributed by atoms with E-state index in [2.05, 4.69) is 13.2 Å². The van der Waals surface area contributed by atoms with Gasteiger partial charge in [-0.25, -0.2) is 0 Å². The van der Waals surface area contributed by atoms with E-state index < -0.39 is 11.9 Å². The van der Waals surface area contributed by atoms with Crippen LogP contribution < -0.4 is 10.5 Å². The highest BCUT2D eigenvalue weighted by Gasteiger charge is 2.36. The number of benzene rings is 1. The van der Waals surface area contributed by atoms with Crippen molar-refractivity contribution in [2.24, 2.45) is 5.73 Å². The molecule has 0 saturated carbocycles. The first-order valence-corrected chi connectivity index (χ1v) is 10.6. The van der Waals surface area contributed by atoms with Gasteiger partial charge < -0.3 is 20.2 Å². The number of nitrogens with zero attached hydrogens (tertiary/aromatic N) is 1. The number of ketones is 1. The van der Waals surface area contributed by atoms with Crippen molar-refractivity contribution in [2.45, 2.75) is 59.5 Å². The third-order valence-corrected chi connectivity index (χ3v) is 4.85. The van der Waals surface area contributed by atoms with E-state index >= 15 is 0 Å². The lowest BCUT2D eigenvalue weighted by atomic mass is 10.1. The molecule has 168 valence electrons. The molecular weight excluding hydrogens is 392 g/mol. The lowest BCUT2D eigenvalue weighted by Gasteiger charge is -2.24. The van der Waals surface area contributed by atoms with Gasteiger partial charge >= 0.3 is 0 Å². The highest BCUT2D eigenvalue weighted by Crippen LogP contribution is 2.33. The summed E-state index contributed by atoms with van der Waals surface area (Å²) in [6.45, 7) is 15.8. The first-order valence-electron chi connectivity index (χ1n) is 10.6. The molecule has 0 radical (unpaired) electrons. The van der Waals surface area contributed by atoms with Crippen LogP contribution >= 0.6 is 0 Å². The van der Waals surface area contributed by atoms with Gasteiger partial charge in [-0.05, 0) is 37.5 Å². The van der Waals surface area contributed by atoms with Crippen LogP contribution in [-0.4, -0.2) is 35.1 Å². The predicted octanol–water partition coefficient (Wildman–Crippen LogP) is 4.35. The summed E-state index contributed by atoms with van der Waals surface area (Å²) in [6, 6.07) is 4.40. The van der Waals surface area contributed by atoms with Crippen molar-refractivity contribution in [2.75, 3.05) is 6.61 Å². The van der Waals surface area contributed by atoms with Gasteiger partial charge in [0.05, 0.1) is 6.54 Å². The number of carbonyl (C=O) groups excluding carboxylic acids is 3. The van der Waals surface area contributed by atoms with Crippen molar-refractivity contribution in [3.05, 3.63) is 65.8 Å². The van der Waals surface area contributed by atoms with E-state index in [4.69, 9.17) is 10.5 Å². The standard InChI is InChI=1S/C23H28N2O4.C2H6/c1-5-15(2)9-10-16(3)14-29-21-8-6-7-18-19(21)13-25(23(18)28)20(22(24)27)12-11-17(4)26;1-2/h6-10,20H,2-3,5,11-14H2,1,4H3,(H2,24,27);1-2H3/b10-9-;. The Morgan fingerprint density at radius 3 is 2.45 bits per heavy atom. The first-order chi connectivity index (χ1) is 14.7. The van der Waals surface area contributed by atoms with E-state index in [0.29, 0.717) is 16.9 Å². The fraction of sp³-hybridized carbons (Fsp3) is 0.400. The molecule has 31 heavy (non-hydrogen) atoms. The van der Waals surface area contributed by atoms with Crippen molar-refractivity contribution in [1.82, 2.24) is 4.90 Å². The minimum atomic E-state index is -0.829. The van der Waals surface area contributed by atoms with Gasteiger partial charge in [-0.15, -0.1) is 0 Å². The lowest BCUT2D eigenvalue weighted by molar-refractivity contribution is -0.123. The second kappa shape index (κ2) is 12.5. The molecule has 2 N–H and O–H groups in total. The zero-order valence-electron chi connectivity index (χ0n) is 19.1. The maximum atomic E-state index is 12.8. The molecule has 0 bridgehead atoms. The summed E-state index contributed by atoms with van der Waals surface area (Å²) in [5.74, 6) is -0.390. The Labute approximate surface area is 185 Å². The van der Waals surface area contributed by atoms with Crippen molar-refractivity contribution in [1.29, 1.82) is 0 Å². The number of primary amides is 1. The van der Waals surface area contributed by atoms with Gasteiger partial charge in [0.1, 0.15) is 24.2 Å². The zero-order chi connectivity index (χ0) is 23.6. The summed E-state index contributed by atoms with van der Waals surface area (Å²) in [5.41, 5.74) is 8.47. The van der Waals surface area contributed by atoms with Crippen LogP contribution in [0.25, 0.3) is 0 Å². The number of carbonyl (C=O) groups is 3. The molecule has 1 heterocycles. The third kappa shape index (κ3) is 7.24. The van der Waals surface area contributed by atoms with Gasteiger partial charge in [-0.1, -0.05) is 57.7 Å². The van der Waals surface area contributed by atoms with Crippen LogP contribution in [0.4, 0.5) is 0 Å². The molecule has 1 atom stereocenters. The number of rotatable bonds is 11. The van der Waals surface area contributed by atoms with E-state index in [-0.39, 0.29) is 37.7 Å². The van der Waals surface area contributed by atoms with Crippen molar-refractivity contribution < 1.29 is 19.1 Å². The summed E-state index contributed by atoms with van der Waals surface area (Å²) < 4.78 is 5.88. The highest BCUT2D eigenvalue weighted by molar-refractivity contribution is 6.01. The van der Waals surface area contributed by atoms with Gasteiger partial charge in [0.25, 0.3) is 5.91 Å². The summed E-state index contributed by atoms with van der Waals surface area (Å²) in [6.07, 6.45) is 5.02. The predicted molar refractivity (Wildman–Crippen MR) is 124 cm³/mol. The Hall–Kier alpha value is -3.15. The van der Waals surface area contributed by atoms with Crippen LogP contribution in [0.5, 0.6) is 5.75 Å². The van der Waals surface area contributed by atoms with E-state index in [1.807, 2.05) is 32.9 Å². The number of hydrogen-bond donors (Lipinski definition) is 1. The van der Waals surface area contributed by atoms with Crippen molar-refractivity contribution in [3.63, 3.8) is 0 Å². The van der Waals surface area contributed by atoms with Crippen LogP contribution in [0.15, 0.2) is 54.7 Å². The molecule has 0 aromatic heterocycles. The molecule has 1 aromatic rings. The summed E-state index contributed by atoms with van der Waals surface area (Å²) in [4.78, 5) is 37.5. The normalized spacial score (nSPS) is 13.3. The Morgan fingerprint density at radius 1 is 1.23 bits per heavy atom. The Bertz CT molecular complexity index is 870. The number of nitrogens with two attached hydrogens (primary N) is 1. The summed E-state index contributed by atoms with van der Waals surface area (Å²) >= 11 is 0. The van der Waals surface area contributed by atoms with Crippen LogP contribution in [-0.2, 0) is 16.1 Å². The molecule has 1 aromatic carbocycles. The molecule has 2 rings (SSSR count). The number of fused-ring (bicyclic) bond motifs is 1. The molecule has 1 unspecified atom stereocenters. The fourth-order valence-electron chi connectivity index (χ4n) is 3.08.